The minimum absolute atomic E-state index is 0.888. The van der Waals surface area contributed by atoms with Gasteiger partial charge in [-0.05, 0) is 24.7 Å². The van der Waals surface area contributed by atoms with Crippen molar-refractivity contribution in [3.05, 3.63) is 6.42 Å². The van der Waals surface area contributed by atoms with Crippen molar-refractivity contribution in [3.8, 4) is 0 Å². The molecule has 0 saturated carbocycles. The normalized spacial score (nSPS) is 13.4. The van der Waals surface area contributed by atoms with E-state index in [1.165, 1.54) is 51.4 Å². The van der Waals surface area contributed by atoms with Crippen LogP contribution in [0.1, 0.15) is 79.1 Å². The summed E-state index contributed by atoms with van der Waals surface area (Å²) in [5.41, 5.74) is 0. The summed E-state index contributed by atoms with van der Waals surface area (Å²) >= 11 is 0. The van der Waals surface area contributed by atoms with Gasteiger partial charge in [-0.2, -0.15) is 0 Å². The average molecular weight is 211 g/mol. The van der Waals surface area contributed by atoms with E-state index >= 15 is 0 Å². The van der Waals surface area contributed by atoms with E-state index in [0.29, 0.717) is 0 Å². The summed E-state index contributed by atoms with van der Waals surface area (Å²) in [6.45, 7) is 9.26. The van der Waals surface area contributed by atoms with Gasteiger partial charge in [0.1, 0.15) is 0 Å². The quantitative estimate of drug-likeness (QED) is 0.440. The van der Waals surface area contributed by atoms with Crippen molar-refractivity contribution in [1.29, 1.82) is 0 Å². The molecule has 0 fully saturated rings. The van der Waals surface area contributed by atoms with Gasteiger partial charge in [-0.25, -0.2) is 0 Å². The second kappa shape index (κ2) is 10.5. The first kappa shape index (κ1) is 15.0. The standard InChI is InChI=1S/C15H31/c1-5-9-11-15(8-4)13-10-12-14(6-2)7-3/h13-15H,5-12H2,1-4H3. The molecular weight excluding hydrogens is 180 g/mol. The number of hydrogen-bond donors (Lipinski definition) is 0. The van der Waals surface area contributed by atoms with Crippen molar-refractivity contribution in [2.75, 3.05) is 0 Å². The molecular formula is C15H31. The van der Waals surface area contributed by atoms with Gasteiger partial charge in [-0.15, -0.1) is 0 Å². The minimum Gasteiger partial charge on any atom is -0.0654 e. The van der Waals surface area contributed by atoms with Crippen LogP contribution in [0.3, 0.4) is 0 Å². The van der Waals surface area contributed by atoms with Crippen LogP contribution in [0.15, 0.2) is 0 Å². The summed E-state index contributed by atoms with van der Waals surface area (Å²) < 4.78 is 0. The van der Waals surface area contributed by atoms with Crippen molar-refractivity contribution in [2.24, 2.45) is 11.8 Å². The Bertz CT molecular complexity index is 113. The van der Waals surface area contributed by atoms with Gasteiger partial charge in [-0.1, -0.05) is 72.6 Å². The zero-order chi connectivity index (χ0) is 11.5. The van der Waals surface area contributed by atoms with Gasteiger partial charge in [0.05, 0.1) is 0 Å². The van der Waals surface area contributed by atoms with Gasteiger partial charge in [0.25, 0.3) is 0 Å². The molecule has 0 heteroatoms. The number of unbranched alkanes of at least 4 members (excludes halogenated alkanes) is 1. The van der Waals surface area contributed by atoms with Crippen molar-refractivity contribution in [2.45, 2.75) is 79.1 Å². The lowest BCUT2D eigenvalue weighted by molar-refractivity contribution is 0.425. The molecule has 0 rings (SSSR count). The molecule has 0 aromatic rings. The average Bonchev–Trinajstić information content (AvgIpc) is 2.28. The van der Waals surface area contributed by atoms with Crippen molar-refractivity contribution < 1.29 is 0 Å². The lowest BCUT2D eigenvalue weighted by Gasteiger charge is -2.16. The monoisotopic (exact) mass is 211 g/mol. The highest BCUT2D eigenvalue weighted by Crippen LogP contribution is 2.22. The molecule has 0 bridgehead atoms. The largest absolute Gasteiger partial charge is 0.0654 e. The summed E-state index contributed by atoms with van der Waals surface area (Å²) in [5, 5.41) is 0. The fourth-order valence-corrected chi connectivity index (χ4v) is 2.22. The fourth-order valence-electron chi connectivity index (χ4n) is 2.22. The zero-order valence-electron chi connectivity index (χ0n) is 11.4. The smallest absolute Gasteiger partial charge is 0.0355 e. The van der Waals surface area contributed by atoms with Crippen LogP contribution in [0.4, 0.5) is 0 Å². The topological polar surface area (TPSA) is 0 Å². The predicted molar refractivity (Wildman–Crippen MR) is 70.9 cm³/mol. The first-order chi connectivity index (χ1) is 7.28. The lowest BCUT2D eigenvalue weighted by Crippen LogP contribution is -2.03. The summed E-state index contributed by atoms with van der Waals surface area (Å²) in [6.07, 6.45) is 13.6. The van der Waals surface area contributed by atoms with Gasteiger partial charge in [0.2, 0.25) is 0 Å². The molecule has 0 aliphatic rings. The third-order valence-electron chi connectivity index (χ3n) is 3.68. The molecule has 15 heavy (non-hydrogen) atoms. The first-order valence-corrected chi connectivity index (χ1v) is 7.11. The second-order valence-electron chi connectivity index (χ2n) is 4.81. The molecule has 1 atom stereocenters. The van der Waals surface area contributed by atoms with Gasteiger partial charge in [0, 0.05) is 0 Å². The molecule has 0 aromatic heterocycles. The Morgan fingerprint density at radius 2 is 1.53 bits per heavy atom. The van der Waals surface area contributed by atoms with Gasteiger partial charge in [0.15, 0.2) is 0 Å². The number of hydrogen-bond acceptors (Lipinski definition) is 0. The molecule has 0 aliphatic carbocycles. The summed E-state index contributed by atoms with van der Waals surface area (Å²) in [5.74, 6) is 1.85. The molecule has 0 heterocycles. The molecule has 0 amide bonds. The second-order valence-corrected chi connectivity index (χ2v) is 4.81. The van der Waals surface area contributed by atoms with Crippen LogP contribution in [0.5, 0.6) is 0 Å². The highest BCUT2D eigenvalue weighted by Gasteiger charge is 2.08. The maximum Gasteiger partial charge on any atom is -0.0355 e. The Labute approximate surface area is 97.8 Å². The molecule has 0 N–H and O–H groups in total. The first-order valence-electron chi connectivity index (χ1n) is 7.11. The summed E-state index contributed by atoms with van der Waals surface area (Å²) in [4.78, 5) is 0. The lowest BCUT2D eigenvalue weighted by atomic mass is 9.90. The number of rotatable bonds is 10. The highest BCUT2D eigenvalue weighted by molar-refractivity contribution is 4.76. The summed E-state index contributed by atoms with van der Waals surface area (Å²) in [6, 6.07) is 0. The van der Waals surface area contributed by atoms with Crippen LogP contribution in [-0.2, 0) is 0 Å². The molecule has 0 nitrogen and oxygen atoms in total. The maximum absolute atomic E-state index is 2.59. The van der Waals surface area contributed by atoms with E-state index in [9.17, 15) is 0 Å². The van der Waals surface area contributed by atoms with E-state index in [1.54, 1.807) is 0 Å². The minimum atomic E-state index is 0.888. The fraction of sp³-hybridized carbons (Fsp3) is 0.933. The Morgan fingerprint density at radius 1 is 0.867 bits per heavy atom. The van der Waals surface area contributed by atoms with E-state index in [4.69, 9.17) is 0 Å². The van der Waals surface area contributed by atoms with Crippen molar-refractivity contribution in [3.63, 3.8) is 0 Å². The molecule has 0 saturated heterocycles. The van der Waals surface area contributed by atoms with Crippen LogP contribution >= 0.6 is 0 Å². The molecule has 0 spiro atoms. The molecule has 0 aliphatic heterocycles. The molecule has 1 unspecified atom stereocenters. The van der Waals surface area contributed by atoms with E-state index in [0.717, 1.165) is 11.8 Å². The third kappa shape index (κ3) is 7.88. The highest BCUT2D eigenvalue weighted by atomic mass is 14.1. The van der Waals surface area contributed by atoms with Gasteiger partial charge >= 0.3 is 0 Å². The Morgan fingerprint density at radius 3 is 2.00 bits per heavy atom. The van der Waals surface area contributed by atoms with Crippen LogP contribution in [0.2, 0.25) is 0 Å². The van der Waals surface area contributed by atoms with Crippen molar-refractivity contribution in [1.82, 2.24) is 0 Å². The predicted octanol–water partition coefficient (Wildman–Crippen LogP) is 5.62. The van der Waals surface area contributed by atoms with Crippen molar-refractivity contribution >= 4 is 0 Å². The maximum atomic E-state index is 2.59. The van der Waals surface area contributed by atoms with Crippen LogP contribution < -0.4 is 0 Å². The third-order valence-corrected chi connectivity index (χ3v) is 3.68. The SMILES string of the molecule is CCCCC([CH]CCC(CC)CC)CC. The van der Waals surface area contributed by atoms with Crippen LogP contribution in [0, 0.1) is 18.3 Å². The Balaban J connectivity index is 3.52. The molecule has 91 valence electrons. The van der Waals surface area contributed by atoms with Crippen LogP contribution in [0.25, 0.3) is 0 Å². The Kier molecular flexibility index (Phi) is 10.5. The molecule has 0 aromatic carbocycles. The van der Waals surface area contributed by atoms with Gasteiger partial charge < -0.3 is 0 Å². The van der Waals surface area contributed by atoms with E-state index in [1.807, 2.05) is 0 Å². The zero-order valence-corrected chi connectivity index (χ0v) is 11.4. The van der Waals surface area contributed by atoms with E-state index in [2.05, 4.69) is 34.1 Å². The van der Waals surface area contributed by atoms with Gasteiger partial charge in [-0.3, -0.25) is 0 Å². The van der Waals surface area contributed by atoms with E-state index in [-0.39, 0.29) is 0 Å². The van der Waals surface area contributed by atoms with Crippen LogP contribution in [-0.4, -0.2) is 0 Å². The molecule has 1 radical (unpaired) electrons. The van der Waals surface area contributed by atoms with E-state index < -0.39 is 0 Å². The Hall–Kier alpha value is 0. The summed E-state index contributed by atoms with van der Waals surface area (Å²) in [7, 11) is 0.